The summed E-state index contributed by atoms with van der Waals surface area (Å²) in [5.41, 5.74) is 1.36. The Kier molecular flexibility index (Phi) is 6.03. The lowest BCUT2D eigenvalue weighted by Gasteiger charge is -2.13. The van der Waals surface area contributed by atoms with E-state index in [0.717, 1.165) is 11.4 Å². The van der Waals surface area contributed by atoms with Gasteiger partial charge in [0.25, 0.3) is 0 Å². The Labute approximate surface area is 161 Å². The van der Waals surface area contributed by atoms with Crippen LogP contribution >= 0.6 is 11.8 Å². The molecule has 5 nitrogen and oxygen atoms in total. The molecular formula is C20H19FN4OS. The predicted molar refractivity (Wildman–Crippen MR) is 106 cm³/mol. The number of allylic oxidation sites excluding steroid dienone is 1. The van der Waals surface area contributed by atoms with Gasteiger partial charge in [-0.05, 0) is 25.1 Å². The highest BCUT2D eigenvalue weighted by Crippen LogP contribution is 2.27. The van der Waals surface area contributed by atoms with Crippen molar-refractivity contribution < 1.29 is 9.18 Å². The number of hydrogen-bond acceptors (Lipinski definition) is 4. The van der Waals surface area contributed by atoms with Crippen LogP contribution in [0.5, 0.6) is 0 Å². The van der Waals surface area contributed by atoms with Gasteiger partial charge in [-0.25, -0.2) is 4.39 Å². The molecule has 0 aliphatic heterocycles. The third kappa shape index (κ3) is 4.62. The SMILES string of the molecule is C=CCn1c(SC(C)C(=O)Nc2cccc(F)c2)nnc1-c1ccccc1. The molecule has 1 amide bonds. The van der Waals surface area contributed by atoms with Crippen LogP contribution in [-0.2, 0) is 11.3 Å². The van der Waals surface area contributed by atoms with Gasteiger partial charge in [-0.3, -0.25) is 9.36 Å². The molecule has 0 aliphatic carbocycles. The van der Waals surface area contributed by atoms with Gasteiger partial charge < -0.3 is 5.32 Å². The van der Waals surface area contributed by atoms with Gasteiger partial charge in [0.15, 0.2) is 11.0 Å². The normalized spacial score (nSPS) is 11.8. The van der Waals surface area contributed by atoms with E-state index in [-0.39, 0.29) is 5.91 Å². The minimum Gasteiger partial charge on any atom is -0.325 e. The quantitative estimate of drug-likeness (QED) is 0.486. The van der Waals surface area contributed by atoms with Crippen LogP contribution in [0.2, 0.25) is 0 Å². The van der Waals surface area contributed by atoms with E-state index >= 15 is 0 Å². The number of thioether (sulfide) groups is 1. The number of benzene rings is 2. The van der Waals surface area contributed by atoms with E-state index in [4.69, 9.17) is 0 Å². The zero-order valence-corrected chi connectivity index (χ0v) is 15.6. The third-order valence-electron chi connectivity index (χ3n) is 3.80. The van der Waals surface area contributed by atoms with Crippen LogP contribution in [0.25, 0.3) is 11.4 Å². The average Bonchev–Trinajstić information content (AvgIpc) is 3.05. The van der Waals surface area contributed by atoms with Gasteiger partial charge in [-0.1, -0.05) is 54.2 Å². The predicted octanol–water partition coefficient (Wildman–Crippen LogP) is 4.39. The van der Waals surface area contributed by atoms with Crippen molar-refractivity contribution in [1.29, 1.82) is 0 Å². The maximum absolute atomic E-state index is 13.3. The number of halogens is 1. The minimum absolute atomic E-state index is 0.236. The Balaban J connectivity index is 1.77. The molecule has 0 radical (unpaired) electrons. The first-order valence-electron chi connectivity index (χ1n) is 8.41. The van der Waals surface area contributed by atoms with Crippen LogP contribution in [0.4, 0.5) is 10.1 Å². The van der Waals surface area contributed by atoms with Gasteiger partial charge >= 0.3 is 0 Å². The maximum atomic E-state index is 13.3. The Bertz CT molecular complexity index is 942. The summed E-state index contributed by atoms with van der Waals surface area (Å²) in [5, 5.41) is 11.4. The lowest BCUT2D eigenvalue weighted by Crippen LogP contribution is -2.23. The molecule has 0 saturated carbocycles. The highest BCUT2D eigenvalue weighted by atomic mass is 32.2. The van der Waals surface area contributed by atoms with E-state index in [2.05, 4.69) is 22.1 Å². The summed E-state index contributed by atoms with van der Waals surface area (Å²) in [7, 11) is 0. The summed E-state index contributed by atoms with van der Waals surface area (Å²) >= 11 is 1.29. The number of anilines is 1. The molecule has 0 aliphatic rings. The number of carbonyl (C=O) groups is 1. The molecule has 0 saturated heterocycles. The molecule has 3 aromatic rings. The number of nitrogens with zero attached hydrogens (tertiary/aromatic N) is 3. The molecular weight excluding hydrogens is 363 g/mol. The lowest BCUT2D eigenvalue weighted by molar-refractivity contribution is -0.115. The standard InChI is InChI=1S/C20H19FN4OS/c1-3-12-25-18(15-8-5-4-6-9-15)23-24-20(25)27-14(2)19(26)22-17-11-7-10-16(21)13-17/h3-11,13-14H,1,12H2,2H3,(H,22,26). The van der Waals surface area contributed by atoms with Gasteiger partial charge in [-0.15, -0.1) is 16.8 Å². The highest BCUT2D eigenvalue weighted by Gasteiger charge is 2.20. The van der Waals surface area contributed by atoms with Gasteiger partial charge in [0.2, 0.25) is 5.91 Å². The van der Waals surface area contributed by atoms with E-state index in [0.29, 0.717) is 17.4 Å². The summed E-state index contributed by atoms with van der Waals surface area (Å²) in [6, 6.07) is 15.5. The van der Waals surface area contributed by atoms with E-state index < -0.39 is 11.1 Å². The fourth-order valence-corrected chi connectivity index (χ4v) is 3.35. The summed E-state index contributed by atoms with van der Waals surface area (Å²) in [6.07, 6.45) is 1.76. The summed E-state index contributed by atoms with van der Waals surface area (Å²) < 4.78 is 15.2. The molecule has 0 spiro atoms. The Morgan fingerprint density at radius 3 is 2.74 bits per heavy atom. The number of nitrogens with one attached hydrogen (secondary N) is 1. The van der Waals surface area contributed by atoms with Crippen molar-refractivity contribution in [3.8, 4) is 11.4 Å². The molecule has 1 N–H and O–H groups in total. The highest BCUT2D eigenvalue weighted by molar-refractivity contribution is 8.00. The van der Waals surface area contributed by atoms with E-state index in [9.17, 15) is 9.18 Å². The van der Waals surface area contributed by atoms with Gasteiger partial charge in [0.05, 0.1) is 5.25 Å². The Hall–Kier alpha value is -2.93. The van der Waals surface area contributed by atoms with Crippen LogP contribution in [0.3, 0.4) is 0 Å². The molecule has 138 valence electrons. The van der Waals surface area contributed by atoms with E-state index in [1.54, 1.807) is 25.1 Å². The van der Waals surface area contributed by atoms with Crippen molar-refractivity contribution in [3.63, 3.8) is 0 Å². The van der Waals surface area contributed by atoms with Crippen LogP contribution in [0, 0.1) is 5.82 Å². The lowest BCUT2D eigenvalue weighted by atomic mass is 10.2. The molecule has 27 heavy (non-hydrogen) atoms. The number of rotatable bonds is 7. The molecule has 2 aromatic carbocycles. The van der Waals surface area contributed by atoms with E-state index in [1.165, 1.54) is 23.9 Å². The number of aromatic nitrogens is 3. The molecule has 1 unspecified atom stereocenters. The molecule has 7 heteroatoms. The fourth-order valence-electron chi connectivity index (χ4n) is 2.49. The smallest absolute Gasteiger partial charge is 0.237 e. The second-order valence-corrected chi connectivity index (χ2v) is 7.14. The third-order valence-corrected chi connectivity index (χ3v) is 4.88. The summed E-state index contributed by atoms with van der Waals surface area (Å²) in [6.45, 7) is 6.09. The molecule has 1 atom stereocenters. The Morgan fingerprint density at radius 2 is 2.04 bits per heavy atom. The number of amides is 1. The molecule has 1 heterocycles. The molecule has 3 rings (SSSR count). The first-order valence-corrected chi connectivity index (χ1v) is 9.29. The molecule has 0 bridgehead atoms. The van der Waals surface area contributed by atoms with Crippen molar-refractivity contribution in [1.82, 2.24) is 14.8 Å². The molecule has 1 aromatic heterocycles. The van der Waals surface area contributed by atoms with E-state index in [1.807, 2.05) is 34.9 Å². The van der Waals surface area contributed by atoms with Crippen molar-refractivity contribution >= 4 is 23.4 Å². The van der Waals surface area contributed by atoms with Gasteiger partial charge in [0, 0.05) is 17.8 Å². The zero-order valence-electron chi connectivity index (χ0n) is 14.8. The van der Waals surface area contributed by atoms with Crippen molar-refractivity contribution in [2.75, 3.05) is 5.32 Å². The van der Waals surface area contributed by atoms with Crippen molar-refractivity contribution in [2.45, 2.75) is 23.9 Å². The average molecular weight is 382 g/mol. The second kappa shape index (κ2) is 8.64. The molecule has 0 fully saturated rings. The minimum atomic E-state index is -0.440. The number of hydrogen-bond donors (Lipinski definition) is 1. The van der Waals surface area contributed by atoms with Crippen molar-refractivity contribution in [3.05, 3.63) is 73.1 Å². The summed E-state index contributed by atoms with van der Waals surface area (Å²) in [4.78, 5) is 12.4. The van der Waals surface area contributed by atoms with Crippen LogP contribution in [0.1, 0.15) is 6.92 Å². The summed E-state index contributed by atoms with van der Waals surface area (Å²) in [5.74, 6) is 0.0853. The van der Waals surface area contributed by atoms with Crippen LogP contribution in [-0.4, -0.2) is 25.9 Å². The van der Waals surface area contributed by atoms with Crippen LogP contribution in [0.15, 0.2) is 72.4 Å². The van der Waals surface area contributed by atoms with Gasteiger partial charge in [0.1, 0.15) is 5.82 Å². The first kappa shape index (κ1) is 18.8. The topological polar surface area (TPSA) is 59.8 Å². The van der Waals surface area contributed by atoms with Crippen molar-refractivity contribution in [2.24, 2.45) is 0 Å². The largest absolute Gasteiger partial charge is 0.325 e. The second-order valence-electron chi connectivity index (χ2n) is 5.83. The first-order chi connectivity index (χ1) is 13.1. The number of carbonyl (C=O) groups excluding carboxylic acids is 1. The van der Waals surface area contributed by atoms with Gasteiger partial charge in [-0.2, -0.15) is 0 Å². The Morgan fingerprint density at radius 1 is 1.26 bits per heavy atom. The fraction of sp³-hybridized carbons (Fsp3) is 0.150. The van der Waals surface area contributed by atoms with Crippen LogP contribution < -0.4 is 5.32 Å². The zero-order chi connectivity index (χ0) is 19.2. The monoisotopic (exact) mass is 382 g/mol. The maximum Gasteiger partial charge on any atom is 0.237 e.